The van der Waals surface area contributed by atoms with Gasteiger partial charge in [0.25, 0.3) is 0 Å². The van der Waals surface area contributed by atoms with Gasteiger partial charge < -0.3 is 5.11 Å². The van der Waals surface area contributed by atoms with Crippen molar-refractivity contribution in [3.8, 4) is 0 Å². The van der Waals surface area contributed by atoms with E-state index in [2.05, 4.69) is 31.9 Å². The van der Waals surface area contributed by atoms with Gasteiger partial charge in [-0.15, -0.1) is 0 Å². The minimum absolute atomic E-state index is 0.0122. The van der Waals surface area contributed by atoms with E-state index < -0.39 is 6.10 Å². The van der Waals surface area contributed by atoms with E-state index in [0.717, 1.165) is 17.7 Å². The molecule has 0 aliphatic heterocycles. The summed E-state index contributed by atoms with van der Waals surface area (Å²) in [5, 5.41) is 14.8. The quantitative estimate of drug-likeness (QED) is 0.917. The predicted octanol–water partition coefficient (Wildman–Crippen LogP) is 3.28. The molecule has 0 amide bonds. The van der Waals surface area contributed by atoms with Crippen molar-refractivity contribution < 1.29 is 5.11 Å². The Hall–Kier alpha value is -1.61. The van der Waals surface area contributed by atoms with Gasteiger partial charge in [-0.3, -0.25) is 4.68 Å². The van der Waals surface area contributed by atoms with Crippen molar-refractivity contribution in [2.45, 2.75) is 45.8 Å². The number of aliphatic hydroxyl groups is 1. The van der Waals surface area contributed by atoms with Crippen LogP contribution in [0.4, 0.5) is 0 Å². The summed E-state index contributed by atoms with van der Waals surface area (Å²) in [7, 11) is 0. The van der Waals surface area contributed by atoms with E-state index in [-0.39, 0.29) is 5.41 Å². The van der Waals surface area contributed by atoms with Crippen molar-refractivity contribution in [1.29, 1.82) is 0 Å². The molecule has 0 radical (unpaired) electrons. The molecule has 19 heavy (non-hydrogen) atoms. The monoisotopic (exact) mass is 258 g/mol. The summed E-state index contributed by atoms with van der Waals surface area (Å²) in [5.74, 6) is 0. The highest BCUT2D eigenvalue weighted by atomic mass is 16.3. The van der Waals surface area contributed by atoms with Crippen LogP contribution in [0, 0.1) is 0 Å². The highest BCUT2D eigenvalue weighted by Crippen LogP contribution is 2.32. The third-order valence-electron chi connectivity index (χ3n) is 3.36. The van der Waals surface area contributed by atoms with Crippen LogP contribution in [0.3, 0.4) is 0 Å². The molecule has 0 spiro atoms. The zero-order valence-corrected chi connectivity index (χ0v) is 12.1. The molecule has 0 aliphatic carbocycles. The van der Waals surface area contributed by atoms with E-state index in [4.69, 9.17) is 0 Å². The van der Waals surface area contributed by atoms with Gasteiger partial charge in [-0.25, -0.2) is 0 Å². The zero-order chi connectivity index (χ0) is 14.0. The minimum Gasteiger partial charge on any atom is -0.384 e. The van der Waals surface area contributed by atoms with Gasteiger partial charge in [-0.05, 0) is 23.5 Å². The van der Waals surface area contributed by atoms with Crippen LogP contribution < -0.4 is 0 Å². The largest absolute Gasteiger partial charge is 0.384 e. The Labute approximate surface area is 114 Å². The first-order valence-corrected chi connectivity index (χ1v) is 6.73. The second-order valence-electron chi connectivity index (χ2n) is 5.87. The van der Waals surface area contributed by atoms with Crippen molar-refractivity contribution >= 4 is 0 Å². The van der Waals surface area contributed by atoms with E-state index in [1.165, 1.54) is 5.56 Å². The zero-order valence-electron chi connectivity index (χ0n) is 12.1. The van der Waals surface area contributed by atoms with Gasteiger partial charge in [-0.2, -0.15) is 5.10 Å². The van der Waals surface area contributed by atoms with Crippen molar-refractivity contribution in [1.82, 2.24) is 9.78 Å². The normalized spacial score (nSPS) is 13.5. The van der Waals surface area contributed by atoms with E-state index in [1.807, 2.05) is 36.0 Å². The van der Waals surface area contributed by atoms with Crippen LogP contribution in [-0.2, 0) is 12.0 Å². The number of benzene rings is 1. The van der Waals surface area contributed by atoms with E-state index in [0.29, 0.717) is 0 Å². The first-order valence-electron chi connectivity index (χ1n) is 6.73. The summed E-state index contributed by atoms with van der Waals surface area (Å²) in [6.45, 7) is 9.33. The molecule has 1 heterocycles. The first kappa shape index (κ1) is 13.8. The number of aromatic nitrogens is 2. The van der Waals surface area contributed by atoms with Gasteiger partial charge in [-0.1, -0.05) is 45.0 Å². The number of hydrogen-bond acceptors (Lipinski definition) is 2. The van der Waals surface area contributed by atoms with Gasteiger partial charge in [0, 0.05) is 18.3 Å². The Bertz CT molecular complexity index is 552. The molecule has 0 saturated heterocycles. The Balaban J connectivity index is 2.41. The molecule has 0 saturated carbocycles. The molecule has 1 unspecified atom stereocenters. The van der Waals surface area contributed by atoms with Crippen LogP contribution in [0.5, 0.6) is 0 Å². The topological polar surface area (TPSA) is 38.0 Å². The van der Waals surface area contributed by atoms with Crippen molar-refractivity contribution in [2.24, 2.45) is 0 Å². The molecular weight excluding hydrogens is 236 g/mol. The molecule has 1 aromatic heterocycles. The molecule has 3 nitrogen and oxygen atoms in total. The summed E-state index contributed by atoms with van der Waals surface area (Å²) < 4.78 is 1.83. The van der Waals surface area contributed by atoms with Crippen LogP contribution in [0.15, 0.2) is 36.7 Å². The predicted molar refractivity (Wildman–Crippen MR) is 77.1 cm³/mol. The fourth-order valence-corrected chi connectivity index (χ4v) is 2.29. The maximum Gasteiger partial charge on any atom is 0.107 e. The Morgan fingerprint density at radius 3 is 2.53 bits per heavy atom. The number of aliphatic hydroxyl groups excluding tert-OH is 1. The maximum atomic E-state index is 10.6. The Kier molecular flexibility index (Phi) is 3.76. The molecule has 1 N–H and O–H groups in total. The molecule has 1 atom stereocenters. The van der Waals surface area contributed by atoms with E-state index in [1.54, 1.807) is 6.20 Å². The highest BCUT2D eigenvalue weighted by Gasteiger charge is 2.22. The minimum atomic E-state index is -0.615. The molecule has 1 aromatic carbocycles. The van der Waals surface area contributed by atoms with E-state index >= 15 is 0 Å². The fourth-order valence-electron chi connectivity index (χ4n) is 2.29. The molecule has 3 heteroatoms. The first-order chi connectivity index (χ1) is 8.93. The standard InChI is InChI=1S/C16H22N2O/c1-5-18-11-12(10-17-18)15(19)13-8-6-7-9-14(13)16(2,3)4/h6-11,15,19H,5H2,1-4H3. The maximum absolute atomic E-state index is 10.6. The van der Waals surface area contributed by atoms with Crippen LogP contribution in [0.2, 0.25) is 0 Å². The van der Waals surface area contributed by atoms with Gasteiger partial charge in [0.05, 0.1) is 6.20 Å². The van der Waals surface area contributed by atoms with Crippen molar-refractivity contribution in [2.75, 3.05) is 0 Å². The number of hydrogen-bond donors (Lipinski definition) is 1. The average Bonchev–Trinajstić information content (AvgIpc) is 2.85. The van der Waals surface area contributed by atoms with Gasteiger partial charge in [0.2, 0.25) is 0 Å². The van der Waals surface area contributed by atoms with Gasteiger partial charge in [0.1, 0.15) is 6.10 Å². The third kappa shape index (κ3) is 2.87. The van der Waals surface area contributed by atoms with Gasteiger partial charge in [0.15, 0.2) is 0 Å². The summed E-state index contributed by atoms with van der Waals surface area (Å²) in [4.78, 5) is 0. The average molecular weight is 258 g/mol. The molecule has 2 aromatic rings. The molecule has 2 rings (SSSR count). The lowest BCUT2D eigenvalue weighted by Gasteiger charge is -2.25. The molecule has 0 aliphatic rings. The van der Waals surface area contributed by atoms with Crippen molar-refractivity contribution in [3.63, 3.8) is 0 Å². The van der Waals surface area contributed by atoms with E-state index in [9.17, 15) is 5.11 Å². The SMILES string of the molecule is CCn1cc(C(O)c2ccccc2C(C)(C)C)cn1. The lowest BCUT2D eigenvalue weighted by atomic mass is 9.81. The summed E-state index contributed by atoms with van der Waals surface area (Å²) in [6, 6.07) is 8.07. The highest BCUT2D eigenvalue weighted by molar-refractivity contribution is 5.38. The second kappa shape index (κ2) is 5.17. The number of nitrogens with zero attached hydrogens (tertiary/aromatic N) is 2. The summed E-state index contributed by atoms with van der Waals surface area (Å²) >= 11 is 0. The summed E-state index contributed by atoms with van der Waals surface area (Å²) in [6.07, 6.45) is 3.04. The molecule has 102 valence electrons. The Morgan fingerprint density at radius 2 is 1.95 bits per heavy atom. The fraction of sp³-hybridized carbons (Fsp3) is 0.438. The van der Waals surface area contributed by atoms with Crippen LogP contribution in [0.25, 0.3) is 0 Å². The van der Waals surface area contributed by atoms with Crippen LogP contribution >= 0.6 is 0 Å². The lowest BCUT2D eigenvalue weighted by Crippen LogP contribution is -2.16. The third-order valence-corrected chi connectivity index (χ3v) is 3.36. The molecule has 0 fully saturated rings. The van der Waals surface area contributed by atoms with Crippen LogP contribution in [0.1, 0.15) is 50.5 Å². The lowest BCUT2D eigenvalue weighted by molar-refractivity contribution is 0.217. The number of rotatable bonds is 3. The van der Waals surface area contributed by atoms with Crippen molar-refractivity contribution in [3.05, 3.63) is 53.3 Å². The Morgan fingerprint density at radius 1 is 1.26 bits per heavy atom. The number of aryl methyl sites for hydroxylation is 1. The smallest absolute Gasteiger partial charge is 0.107 e. The van der Waals surface area contributed by atoms with Gasteiger partial charge >= 0.3 is 0 Å². The summed E-state index contributed by atoms with van der Waals surface area (Å²) in [5.41, 5.74) is 2.99. The molecule has 0 bridgehead atoms. The van der Waals surface area contributed by atoms with Crippen LogP contribution in [-0.4, -0.2) is 14.9 Å². The molecular formula is C16H22N2O. The second-order valence-corrected chi connectivity index (χ2v) is 5.87.